The van der Waals surface area contributed by atoms with Crippen LogP contribution in [0.2, 0.25) is 0 Å². The molecule has 0 radical (unpaired) electrons. The molecule has 172 valence electrons. The van der Waals surface area contributed by atoms with Crippen molar-refractivity contribution in [2.24, 2.45) is 0 Å². The second kappa shape index (κ2) is 9.96. The fourth-order valence-corrected chi connectivity index (χ4v) is 5.30. The highest BCUT2D eigenvalue weighted by atomic mass is 16.2. The van der Waals surface area contributed by atoms with Crippen LogP contribution >= 0.6 is 0 Å². The molecule has 33 heavy (non-hydrogen) atoms. The number of benzene rings is 3. The molecule has 0 atom stereocenters. The van der Waals surface area contributed by atoms with Crippen LogP contribution in [-0.2, 0) is 6.54 Å². The van der Waals surface area contributed by atoms with E-state index < -0.39 is 0 Å². The van der Waals surface area contributed by atoms with Gasteiger partial charge in [-0.1, -0.05) is 54.4 Å². The van der Waals surface area contributed by atoms with Crippen LogP contribution in [0.3, 0.4) is 0 Å². The van der Waals surface area contributed by atoms with Crippen molar-refractivity contribution < 1.29 is 4.79 Å². The van der Waals surface area contributed by atoms with Crippen molar-refractivity contribution in [1.82, 2.24) is 9.80 Å². The summed E-state index contributed by atoms with van der Waals surface area (Å²) in [6, 6.07) is 21.8. The van der Waals surface area contributed by atoms with E-state index in [1.807, 2.05) is 11.0 Å². The lowest BCUT2D eigenvalue weighted by atomic mass is 9.89. The summed E-state index contributed by atoms with van der Waals surface area (Å²) in [6.45, 7) is 7.19. The highest BCUT2D eigenvalue weighted by Crippen LogP contribution is 2.29. The molecule has 3 aromatic rings. The predicted octanol–water partition coefficient (Wildman–Crippen LogP) is 6.55. The molecule has 0 saturated carbocycles. The fraction of sp³-hybridized carbons (Fsp3) is 0.414. The van der Waals surface area contributed by atoms with Crippen LogP contribution in [0.1, 0.15) is 54.7 Å². The number of amides is 2. The molecule has 3 aromatic carbocycles. The monoisotopic (exact) mass is 441 g/mol. The normalized spacial score (nSPS) is 17.9. The molecule has 2 saturated heterocycles. The number of fused-ring (bicyclic) bond motifs is 1. The number of urea groups is 1. The third kappa shape index (κ3) is 5.39. The number of anilines is 1. The van der Waals surface area contributed by atoms with E-state index in [2.05, 4.69) is 71.7 Å². The van der Waals surface area contributed by atoms with Crippen LogP contribution < -0.4 is 5.32 Å². The Bertz CT molecular complexity index is 1090. The third-order valence-electron chi connectivity index (χ3n) is 7.34. The van der Waals surface area contributed by atoms with Crippen LogP contribution in [0.15, 0.2) is 60.7 Å². The van der Waals surface area contributed by atoms with Gasteiger partial charge in [0.15, 0.2) is 0 Å². The number of hydrogen-bond acceptors (Lipinski definition) is 2. The molecule has 0 spiro atoms. The van der Waals surface area contributed by atoms with Crippen molar-refractivity contribution >= 4 is 22.5 Å². The topological polar surface area (TPSA) is 35.6 Å². The molecular weight excluding hydrogens is 406 g/mol. The number of hydrogen-bond donors (Lipinski definition) is 1. The van der Waals surface area contributed by atoms with E-state index in [-0.39, 0.29) is 6.03 Å². The molecule has 2 fully saturated rings. The Balaban J connectivity index is 1.18. The molecule has 0 aliphatic carbocycles. The number of likely N-dealkylation sites (tertiary alicyclic amines) is 2. The van der Waals surface area contributed by atoms with Gasteiger partial charge in [0.1, 0.15) is 0 Å². The van der Waals surface area contributed by atoms with E-state index in [1.54, 1.807) is 0 Å². The van der Waals surface area contributed by atoms with Gasteiger partial charge in [-0.3, -0.25) is 4.90 Å². The second-order valence-electron chi connectivity index (χ2n) is 9.84. The van der Waals surface area contributed by atoms with Gasteiger partial charge in [-0.05, 0) is 91.7 Å². The van der Waals surface area contributed by atoms with Crippen molar-refractivity contribution in [3.63, 3.8) is 0 Å². The molecule has 4 nitrogen and oxygen atoms in total. The fourth-order valence-electron chi connectivity index (χ4n) is 5.30. The number of rotatable bonds is 4. The maximum absolute atomic E-state index is 12.9. The van der Waals surface area contributed by atoms with Gasteiger partial charge in [0.2, 0.25) is 0 Å². The lowest BCUT2D eigenvalue weighted by Gasteiger charge is -2.32. The minimum absolute atomic E-state index is 0.0124. The van der Waals surface area contributed by atoms with E-state index in [4.69, 9.17) is 0 Å². The highest BCUT2D eigenvalue weighted by Gasteiger charge is 2.24. The first kappa shape index (κ1) is 22.0. The first-order chi connectivity index (χ1) is 16.1. The van der Waals surface area contributed by atoms with Crippen molar-refractivity contribution in [2.45, 2.75) is 51.5 Å². The zero-order chi connectivity index (χ0) is 22.6. The molecule has 2 aliphatic heterocycles. The first-order valence-corrected chi connectivity index (χ1v) is 12.5. The van der Waals surface area contributed by atoms with E-state index in [1.165, 1.54) is 59.8 Å². The average molecular weight is 442 g/mol. The zero-order valence-corrected chi connectivity index (χ0v) is 19.7. The van der Waals surface area contributed by atoms with Crippen LogP contribution in [0.5, 0.6) is 0 Å². The Labute approximate surface area is 197 Å². The van der Waals surface area contributed by atoms with Gasteiger partial charge in [0.05, 0.1) is 0 Å². The summed E-state index contributed by atoms with van der Waals surface area (Å²) in [5.41, 5.74) is 4.94. The highest BCUT2D eigenvalue weighted by molar-refractivity contribution is 5.93. The van der Waals surface area contributed by atoms with Gasteiger partial charge in [0, 0.05) is 25.3 Å². The van der Waals surface area contributed by atoms with E-state index >= 15 is 0 Å². The van der Waals surface area contributed by atoms with Crippen LogP contribution in [0.25, 0.3) is 10.8 Å². The molecule has 1 N–H and O–H groups in total. The molecule has 2 amide bonds. The number of aryl methyl sites for hydroxylation is 1. The summed E-state index contributed by atoms with van der Waals surface area (Å²) in [5, 5.41) is 5.54. The summed E-state index contributed by atoms with van der Waals surface area (Å²) in [6.07, 6.45) is 6.05. The quantitative estimate of drug-likeness (QED) is 0.498. The van der Waals surface area contributed by atoms with Gasteiger partial charge in [0.25, 0.3) is 0 Å². The molecule has 2 heterocycles. The molecule has 5 rings (SSSR count). The van der Waals surface area contributed by atoms with Crippen LogP contribution in [0.4, 0.5) is 10.5 Å². The second-order valence-corrected chi connectivity index (χ2v) is 9.84. The lowest BCUT2D eigenvalue weighted by Crippen LogP contribution is -2.40. The van der Waals surface area contributed by atoms with Crippen molar-refractivity contribution in [3.05, 3.63) is 77.4 Å². The summed E-state index contributed by atoms with van der Waals surface area (Å²) in [7, 11) is 0. The third-order valence-corrected chi connectivity index (χ3v) is 7.34. The van der Waals surface area contributed by atoms with Gasteiger partial charge >= 0.3 is 6.03 Å². The smallest absolute Gasteiger partial charge is 0.321 e. The zero-order valence-electron chi connectivity index (χ0n) is 19.7. The minimum Gasteiger partial charge on any atom is -0.324 e. The number of nitrogens with one attached hydrogen (secondary N) is 1. The summed E-state index contributed by atoms with van der Waals surface area (Å²) >= 11 is 0. The van der Waals surface area contributed by atoms with Gasteiger partial charge in [-0.2, -0.15) is 0 Å². The maximum atomic E-state index is 12.9. The van der Waals surface area contributed by atoms with Gasteiger partial charge < -0.3 is 10.2 Å². The molecule has 4 heteroatoms. The predicted molar refractivity (Wildman–Crippen MR) is 137 cm³/mol. The Morgan fingerprint density at radius 2 is 1.55 bits per heavy atom. The number of carbonyl (C=O) groups excluding carboxylic acids is 1. The number of carbonyl (C=O) groups is 1. The molecule has 0 bridgehead atoms. The minimum atomic E-state index is 0.0124. The summed E-state index contributed by atoms with van der Waals surface area (Å²) in [5.74, 6) is 0.550. The van der Waals surface area contributed by atoms with Gasteiger partial charge in [-0.15, -0.1) is 0 Å². The molecule has 0 unspecified atom stereocenters. The number of piperidine rings is 2. The van der Waals surface area contributed by atoms with E-state index in [9.17, 15) is 4.79 Å². The van der Waals surface area contributed by atoms with Crippen LogP contribution in [0, 0.1) is 6.92 Å². The van der Waals surface area contributed by atoms with E-state index in [0.29, 0.717) is 5.92 Å². The molecular formula is C29H35N3O. The summed E-state index contributed by atoms with van der Waals surface area (Å²) < 4.78 is 0. The largest absolute Gasteiger partial charge is 0.324 e. The molecule has 0 aromatic heterocycles. The van der Waals surface area contributed by atoms with Crippen molar-refractivity contribution in [1.29, 1.82) is 0 Å². The van der Waals surface area contributed by atoms with Crippen molar-refractivity contribution in [2.75, 3.05) is 31.5 Å². The Morgan fingerprint density at radius 3 is 2.30 bits per heavy atom. The van der Waals surface area contributed by atoms with Crippen molar-refractivity contribution in [3.8, 4) is 0 Å². The Morgan fingerprint density at radius 1 is 0.848 bits per heavy atom. The maximum Gasteiger partial charge on any atom is 0.321 e. The van der Waals surface area contributed by atoms with Crippen LogP contribution in [-0.4, -0.2) is 42.0 Å². The standard InChI is InChI=1S/C29H35N3O/c1-22-5-8-24(9-6-22)25-13-17-32(18-14-25)29(33)30-28-12-11-26-19-23(7-10-27(26)20-28)21-31-15-3-2-4-16-31/h5-12,19-20,25H,2-4,13-18,21H2,1H3,(H,30,33). The summed E-state index contributed by atoms with van der Waals surface area (Å²) in [4.78, 5) is 17.4. The van der Waals surface area contributed by atoms with Gasteiger partial charge in [-0.25, -0.2) is 4.79 Å². The van der Waals surface area contributed by atoms with E-state index in [0.717, 1.165) is 38.2 Å². The SMILES string of the molecule is Cc1ccc(C2CCN(C(=O)Nc3ccc4cc(CN5CCCCC5)ccc4c3)CC2)cc1. The number of nitrogens with zero attached hydrogens (tertiary/aromatic N) is 2. The Kier molecular flexibility index (Phi) is 6.63. The Hall–Kier alpha value is -2.85. The lowest BCUT2D eigenvalue weighted by molar-refractivity contribution is 0.194. The average Bonchev–Trinajstić information content (AvgIpc) is 2.85. The molecule has 2 aliphatic rings. The first-order valence-electron chi connectivity index (χ1n) is 12.5.